The molecule has 3 rings (SSSR count). The van der Waals surface area contributed by atoms with Gasteiger partial charge in [-0.05, 0) is 18.2 Å². The Labute approximate surface area is 116 Å². The van der Waals surface area contributed by atoms with Crippen molar-refractivity contribution in [2.24, 2.45) is 0 Å². The van der Waals surface area contributed by atoms with E-state index in [1.54, 1.807) is 12.3 Å². The number of nitrogens with one attached hydrogen (secondary N) is 1. The van der Waals surface area contributed by atoms with Gasteiger partial charge in [-0.2, -0.15) is 5.26 Å². The number of fused-ring (bicyclic) bond motifs is 1. The molecular weight excluding hydrogens is 252 g/mol. The maximum atomic E-state index is 11.7. The van der Waals surface area contributed by atoms with Crippen molar-refractivity contribution in [2.45, 2.75) is 6.54 Å². The smallest absolute Gasteiger partial charge is 0.243 e. The number of anilines is 2. The van der Waals surface area contributed by atoms with Crippen molar-refractivity contribution in [2.75, 3.05) is 16.8 Å². The van der Waals surface area contributed by atoms with Gasteiger partial charge in [-0.3, -0.25) is 4.79 Å². The van der Waals surface area contributed by atoms with E-state index in [0.29, 0.717) is 12.2 Å². The van der Waals surface area contributed by atoms with E-state index in [0.717, 1.165) is 16.9 Å². The molecule has 1 amide bonds. The van der Waals surface area contributed by atoms with Gasteiger partial charge in [-0.1, -0.05) is 18.2 Å². The minimum Gasteiger partial charge on any atom is -0.356 e. The first-order valence-electron chi connectivity index (χ1n) is 6.26. The average molecular weight is 264 g/mol. The lowest BCUT2D eigenvalue weighted by atomic mass is 10.1. The Bertz CT molecular complexity index is 705. The summed E-state index contributed by atoms with van der Waals surface area (Å²) in [5.74, 6) is -0.0499. The molecule has 0 atom stereocenters. The van der Waals surface area contributed by atoms with Crippen LogP contribution in [0.15, 0.2) is 42.6 Å². The van der Waals surface area contributed by atoms with Crippen molar-refractivity contribution in [1.82, 2.24) is 4.98 Å². The summed E-state index contributed by atoms with van der Waals surface area (Å²) in [5, 5.41) is 11.9. The summed E-state index contributed by atoms with van der Waals surface area (Å²) in [5.41, 5.74) is 2.97. The summed E-state index contributed by atoms with van der Waals surface area (Å²) in [4.78, 5) is 17.7. The summed E-state index contributed by atoms with van der Waals surface area (Å²) in [6.07, 6.45) is 1.60. The molecule has 1 aromatic heterocycles. The molecule has 1 aliphatic heterocycles. The molecule has 2 aromatic rings. The molecule has 0 spiro atoms. The second-order valence-corrected chi connectivity index (χ2v) is 4.54. The highest BCUT2D eigenvalue weighted by Gasteiger charge is 2.22. The Morgan fingerprint density at radius 2 is 2.15 bits per heavy atom. The first-order chi connectivity index (χ1) is 9.78. The molecule has 0 bridgehead atoms. The summed E-state index contributed by atoms with van der Waals surface area (Å²) in [6.45, 7) is 0.762. The molecule has 0 saturated heterocycles. The van der Waals surface area contributed by atoms with Crippen LogP contribution in [0.3, 0.4) is 0 Å². The number of benzene rings is 1. The van der Waals surface area contributed by atoms with Crippen LogP contribution in [0, 0.1) is 11.3 Å². The molecule has 1 aromatic carbocycles. The van der Waals surface area contributed by atoms with E-state index in [2.05, 4.69) is 16.4 Å². The fourth-order valence-corrected chi connectivity index (χ4v) is 2.32. The second kappa shape index (κ2) is 5.02. The fourth-order valence-electron chi connectivity index (χ4n) is 2.32. The average Bonchev–Trinajstić information content (AvgIpc) is 2.47. The molecule has 1 aliphatic rings. The van der Waals surface area contributed by atoms with Crippen molar-refractivity contribution < 1.29 is 4.79 Å². The number of pyridine rings is 1. The molecule has 0 radical (unpaired) electrons. The van der Waals surface area contributed by atoms with Crippen LogP contribution in [-0.2, 0) is 11.3 Å². The van der Waals surface area contributed by atoms with E-state index in [1.165, 1.54) is 0 Å². The Morgan fingerprint density at radius 1 is 1.30 bits per heavy atom. The third-order valence-electron chi connectivity index (χ3n) is 3.21. The van der Waals surface area contributed by atoms with Gasteiger partial charge in [0.25, 0.3) is 0 Å². The molecule has 0 unspecified atom stereocenters. The van der Waals surface area contributed by atoms with Gasteiger partial charge in [0.15, 0.2) is 0 Å². The summed E-state index contributed by atoms with van der Waals surface area (Å²) in [7, 11) is 0. The van der Waals surface area contributed by atoms with Crippen LogP contribution in [0.25, 0.3) is 0 Å². The van der Waals surface area contributed by atoms with E-state index in [4.69, 9.17) is 5.26 Å². The minimum atomic E-state index is -0.0499. The Hall–Kier alpha value is -2.87. The van der Waals surface area contributed by atoms with Gasteiger partial charge < -0.3 is 10.2 Å². The number of carbonyl (C=O) groups excluding carboxylic acids is 1. The number of carbonyl (C=O) groups is 1. The molecule has 5 heteroatoms. The van der Waals surface area contributed by atoms with Gasteiger partial charge in [0.1, 0.15) is 11.8 Å². The molecule has 20 heavy (non-hydrogen) atoms. The van der Waals surface area contributed by atoms with Crippen LogP contribution in [-0.4, -0.2) is 17.4 Å². The minimum absolute atomic E-state index is 0.0499. The molecule has 0 fully saturated rings. The molecular formula is C15H12N4O. The lowest BCUT2D eigenvalue weighted by molar-refractivity contribution is -0.115. The van der Waals surface area contributed by atoms with Crippen LogP contribution in [0.4, 0.5) is 11.4 Å². The highest BCUT2D eigenvalue weighted by atomic mass is 16.2. The SMILES string of the molecule is N#Cc1ncccc1CN1CC(=O)Nc2ccccc21. The Balaban J connectivity index is 1.96. The second-order valence-electron chi connectivity index (χ2n) is 4.54. The van der Waals surface area contributed by atoms with Gasteiger partial charge in [0.2, 0.25) is 5.91 Å². The third kappa shape index (κ3) is 2.19. The van der Waals surface area contributed by atoms with Crippen LogP contribution >= 0.6 is 0 Å². The summed E-state index contributed by atoms with van der Waals surface area (Å²) in [6, 6.07) is 13.4. The molecule has 0 aliphatic carbocycles. The van der Waals surface area contributed by atoms with E-state index < -0.39 is 0 Å². The largest absolute Gasteiger partial charge is 0.356 e. The van der Waals surface area contributed by atoms with Gasteiger partial charge in [0.05, 0.1) is 17.9 Å². The third-order valence-corrected chi connectivity index (χ3v) is 3.21. The Kier molecular flexibility index (Phi) is 3.05. The molecule has 2 heterocycles. The van der Waals surface area contributed by atoms with Gasteiger partial charge in [-0.15, -0.1) is 0 Å². The molecule has 98 valence electrons. The maximum Gasteiger partial charge on any atom is 0.243 e. The zero-order valence-corrected chi connectivity index (χ0v) is 10.7. The number of amides is 1. The first kappa shape index (κ1) is 12.2. The number of rotatable bonds is 2. The first-order valence-corrected chi connectivity index (χ1v) is 6.26. The van der Waals surface area contributed by atoms with E-state index in [1.807, 2.05) is 35.2 Å². The van der Waals surface area contributed by atoms with Crippen LogP contribution in [0.1, 0.15) is 11.3 Å². The summed E-state index contributed by atoms with van der Waals surface area (Å²) >= 11 is 0. The molecule has 1 N–H and O–H groups in total. The molecule has 0 saturated carbocycles. The number of nitrogens with zero attached hydrogens (tertiary/aromatic N) is 3. The van der Waals surface area contributed by atoms with Gasteiger partial charge in [-0.25, -0.2) is 4.98 Å². The monoisotopic (exact) mass is 264 g/mol. The highest BCUT2D eigenvalue weighted by molar-refractivity contribution is 6.01. The van der Waals surface area contributed by atoms with Crippen LogP contribution in [0.2, 0.25) is 0 Å². The Morgan fingerprint density at radius 3 is 3.00 bits per heavy atom. The van der Waals surface area contributed by atoms with E-state index in [-0.39, 0.29) is 12.5 Å². The zero-order chi connectivity index (χ0) is 13.9. The lowest BCUT2D eigenvalue weighted by Gasteiger charge is -2.30. The predicted molar refractivity (Wildman–Crippen MR) is 75.1 cm³/mol. The van der Waals surface area contributed by atoms with Crippen molar-refractivity contribution in [3.8, 4) is 6.07 Å². The van der Waals surface area contributed by atoms with Crippen molar-refractivity contribution in [3.63, 3.8) is 0 Å². The number of aromatic nitrogens is 1. The predicted octanol–water partition coefficient (Wildman–Crippen LogP) is 1.91. The highest BCUT2D eigenvalue weighted by Crippen LogP contribution is 2.30. The number of nitriles is 1. The quantitative estimate of drug-likeness (QED) is 0.899. The van der Waals surface area contributed by atoms with Crippen LogP contribution in [0.5, 0.6) is 0 Å². The number of hydrogen-bond donors (Lipinski definition) is 1. The van der Waals surface area contributed by atoms with Crippen LogP contribution < -0.4 is 10.2 Å². The van der Waals surface area contributed by atoms with Crippen molar-refractivity contribution in [1.29, 1.82) is 5.26 Å². The standard InChI is InChI=1S/C15H12N4O/c16-8-13-11(4-3-7-17-13)9-19-10-15(20)18-12-5-1-2-6-14(12)19/h1-7H,9-10H2,(H,18,20). The number of hydrogen-bond acceptors (Lipinski definition) is 4. The topological polar surface area (TPSA) is 69.0 Å². The van der Waals surface area contributed by atoms with Crippen molar-refractivity contribution >= 4 is 17.3 Å². The lowest BCUT2D eigenvalue weighted by Crippen LogP contribution is -2.37. The fraction of sp³-hybridized carbons (Fsp3) is 0.133. The zero-order valence-electron chi connectivity index (χ0n) is 10.7. The number of para-hydroxylation sites is 2. The summed E-state index contributed by atoms with van der Waals surface area (Å²) < 4.78 is 0. The van der Waals surface area contributed by atoms with E-state index in [9.17, 15) is 4.79 Å². The van der Waals surface area contributed by atoms with Crippen molar-refractivity contribution in [3.05, 3.63) is 53.9 Å². The normalized spacial score (nSPS) is 13.3. The molecule has 5 nitrogen and oxygen atoms in total. The van der Waals surface area contributed by atoms with Gasteiger partial charge >= 0.3 is 0 Å². The van der Waals surface area contributed by atoms with E-state index >= 15 is 0 Å². The maximum absolute atomic E-state index is 11.7. The van der Waals surface area contributed by atoms with Gasteiger partial charge in [0, 0.05) is 18.3 Å².